The average molecular weight is 307 g/mol. The van der Waals surface area contributed by atoms with Gasteiger partial charge in [0.15, 0.2) is 5.78 Å². The molecule has 1 nitrogen and oxygen atoms in total. The van der Waals surface area contributed by atoms with E-state index in [2.05, 4.69) is 19.6 Å². The molecule has 0 unspecified atom stereocenters. The topological polar surface area (TPSA) is 17.1 Å². The van der Waals surface area contributed by atoms with Crippen molar-refractivity contribution in [3.05, 3.63) is 65.6 Å². The van der Waals surface area contributed by atoms with Gasteiger partial charge in [-0.1, -0.05) is 74.1 Å². The van der Waals surface area contributed by atoms with Crippen LogP contribution in [0.2, 0.25) is 19.6 Å². The zero-order valence-corrected chi connectivity index (χ0v) is 13.7. The third-order valence-electron chi connectivity index (χ3n) is 4.11. The van der Waals surface area contributed by atoms with Gasteiger partial charge in [-0.05, 0) is 21.5 Å². The van der Waals surface area contributed by atoms with Crippen LogP contribution in [0.4, 0.5) is 0 Å². The molecule has 108 valence electrons. The molecule has 0 aromatic heterocycles. The van der Waals surface area contributed by atoms with E-state index in [0.29, 0.717) is 27.4 Å². The predicted molar refractivity (Wildman–Crippen MR) is 95.8 cm³/mol. The zero-order valence-electron chi connectivity index (χ0n) is 17.7. The van der Waals surface area contributed by atoms with Crippen molar-refractivity contribution in [1.29, 1.82) is 0 Å². The molecule has 0 N–H and O–H groups in total. The van der Waals surface area contributed by atoms with Crippen LogP contribution in [-0.2, 0) is 0 Å². The lowest BCUT2D eigenvalue weighted by Crippen LogP contribution is -2.41. The van der Waals surface area contributed by atoms with E-state index in [9.17, 15) is 4.79 Å². The number of hydrogen-bond acceptors (Lipinski definition) is 1. The van der Waals surface area contributed by atoms with Crippen LogP contribution < -0.4 is 5.19 Å². The Bertz CT molecular complexity index is 1180. The maximum absolute atomic E-state index is 13.2. The Morgan fingerprint density at radius 2 is 1.64 bits per heavy atom. The van der Waals surface area contributed by atoms with Crippen molar-refractivity contribution < 1.29 is 11.6 Å². The largest absolute Gasteiger partial charge is 0.289 e. The molecule has 0 bridgehead atoms. The van der Waals surface area contributed by atoms with Crippen molar-refractivity contribution in [2.75, 3.05) is 0 Å². The second-order valence-corrected chi connectivity index (χ2v) is 11.6. The van der Waals surface area contributed by atoms with E-state index in [-0.39, 0.29) is 46.8 Å². The Labute approximate surface area is 138 Å². The second-order valence-electron chi connectivity index (χ2n) is 6.62. The first kappa shape index (κ1) is 9.06. The van der Waals surface area contributed by atoms with E-state index in [4.69, 9.17) is 6.85 Å². The summed E-state index contributed by atoms with van der Waals surface area (Å²) in [6, 6.07) is 6.14. The quantitative estimate of drug-likeness (QED) is 0.470. The lowest BCUT2D eigenvalue weighted by molar-refractivity contribution is 0.104. The summed E-state index contributed by atoms with van der Waals surface area (Å²) in [5.41, 5.74) is 2.24. The van der Waals surface area contributed by atoms with Crippen LogP contribution in [0.1, 0.15) is 22.8 Å². The number of hydrogen-bond donors (Lipinski definition) is 0. The van der Waals surface area contributed by atoms with Gasteiger partial charge in [-0.2, -0.15) is 0 Å². The highest BCUT2D eigenvalue weighted by Crippen LogP contribution is 2.41. The number of benzene rings is 3. The molecular formula is C20H18OSi. The molecule has 2 heteroatoms. The van der Waals surface area contributed by atoms with Crippen LogP contribution in [0.5, 0.6) is 0 Å². The minimum absolute atomic E-state index is 0.0658. The summed E-state index contributed by atoms with van der Waals surface area (Å²) in [6.07, 6.45) is 0. The van der Waals surface area contributed by atoms with Gasteiger partial charge in [0.25, 0.3) is 0 Å². The number of ketones is 1. The molecule has 0 spiro atoms. The second kappa shape index (κ2) is 4.40. The lowest BCUT2D eigenvalue weighted by Gasteiger charge is -2.21. The summed E-state index contributed by atoms with van der Waals surface area (Å²) in [7, 11) is -2.17. The van der Waals surface area contributed by atoms with Gasteiger partial charge in [-0.25, -0.2) is 0 Å². The maximum Gasteiger partial charge on any atom is 0.194 e. The average Bonchev–Trinajstić information content (AvgIpc) is 2.89. The van der Waals surface area contributed by atoms with Crippen LogP contribution in [0.15, 0.2) is 54.5 Å². The molecule has 0 heterocycles. The van der Waals surface area contributed by atoms with Gasteiger partial charge in [-0.15, -0.1) is 0 Å². The molecule has 0 radical (unpaired) electrons. The van der Waals surface area contributed by atoms with Gasteiger partial charge in [-0.3, -0.25) is 4.79 Å². The first-order valence-corrected chi connectivity index (χ1v) is 10.8. The van der Waals surface area contributed by atoms with E-state index in [0.717, 1.165) is 0 Å². The van der Waals surface area contributed by atoms with Crippen molar-refractivity contribution >= 4 is 29.8 Å². The molecule has 0 saturated heterocycles. The van der Waals surface area contributed by atoms with Gasteiger partial charge in [0.2, 0.25) is 0 Å². The third kappa shape index (κ3) is 1.74. The summed E-state index contributed by atoms with van der Waals surface area (Å²) >= 11 is 0. The monoisotopic (exact) mass is 307 g/mol. The van der Waals surface area contributed by atoms with Crippen LogP contribution in [0, 0.1) is 0 Å². The lowest BCUT2D eigenvalue weighted by atomic mass is 9.98. The minimum atomic E-state index is -2.17. The number of carbonyl (C=O) groups excluding carboxylic acids is 1. The summed E-state index contributed by atoms with van der Waals surface area (Å²) in [5.74, 6) is -0.152. The van der Waals surface area contributed by atoms with E-state index in [1.54, 1.807) is 12.1 Å². The molecule has 0 saturated carbocycles. The fourth-order valence-corrected chi connectivity index (χ4v) is 4.61. The summed E-state index contributed by atoms with van der Waals surface area (Å²) < 4.78 is 41.8. The van der Waals surface area contributed by atoms with Gasteiger partial charge >= 0.3 is 0 Å². The van der Waals surface area contributed by atoms with E-state index < -0.39 is 8.07 Å². The smallest absolute Gasteiger partial charge is 0.194 e. The van der Waals surface area contributed by atoms with Crippen molar-refractivity contribution in [1.82, 2.24) is 0 Å². The van der Waals surface area contributed by atoms with Gasteiger partial charge in [0, 0.05) is 16.7 Å². The summed E-state index contributed by atoms with van der Waals surface area (Å²) in [6.45, 7) is 6.15. The molecule has 3 aromatic rings. The normalized spacial score (nSPS) is 16.5. The Morgan fingerprint density at radius 3 is 2.36 bits per heavy atom. The molecule has 1 aliphatic rings. The highest BCUT2D eigenvalue weighted by Gasteiger charge is 2.34. The maximum atomic E-state index is 13.2. The van der Waals surface area contributed by atoms with E-state index >= 15 is 0 Å². The molecule has 0 aliphatic heterocycles. The molecule has 1 aliphatic carbocycles. The fraction of sp³-hybridized carbons (Fsp3) is 0.150. The Balaban J connectivity index is 2.39. The number of fused-ring (bicyclic) bond motifs is 5. The van der Waals surface area contributed by atoms with Crippen molar-refractivity contribution in [2.24, 2.45) is 0 Å². The SMILES string of the molecule is [2H]c1c([2H])c([2H])c2c3c(c([Si](C)(C)C)c([2H])c2c1[2H])C(=O)c1ccccc1-3. The van der Waals surface area contributed by atoms with Crippen LogP contribution in [-0.4, -0.2) is 13.9 Å². The minimum Gasteiger partial charge on any atom is -0.289 e. The zero-order chi connectivity index (χ0) is 19.8. The Kier molecular flexibility index (Phi) is 1.81. The van der Waals surface area contributed by atoms with Crippen LogP contribution in [0.3, 0.4) is 0 Å². The molecule has 3 aromatic carbocycles. The molecule has 22 heavy (non-hydrogen) atoms. The van der Waals surface area contributed by atoms with Crippen LogP contribution >= 0.6 is 0 Å². The molecule has 0 fully saturated rings. The molecule has 0 atom stereocenters. The number of rotatable bonds is 1. The van der Waals surface area contributed by atoms with Crippen LogP contribution in [0.25, 0.3) is 21.9 Å². The van der Waals surface area contributed by atoms with Gasteiger partial charge in [0.1, 0.15) is 0 Å². The van der Waals surface area contributed by atoms with E-state index in [1.165, 1.54) is 0 Å². The highest BCUT2D eigenvalue weighted by atomic mass is 28.3. The van der Waals surface area contributed by atoms with Gasteiger partial charge < -0.3 is 0 Å². The summed E-state index contributed by atoms with van der Waals surface area (Å²) in [4.78, 5) is 13.2. The summed E-state index contributed by atoms with van der Waals surface area (Å²) in [5, 5.41) is 1.15. The fourth-order valence-electron chi connectivity index (χ4n) is 3.12. The third-order valence-corrected chi connectivity index (χ3v) is 5.98. The Morgan fingerprint density at radius 1 is 0.955 bits per heavy atom. The predicted octanol–water partition coefficient (Wildman–Crippen LogP) is 4.60. The molecule has 4 rings (SSSR count). The standard InChI is InChI=1S/C20H18OSi/c1-22(2,3)17-12-13-8-4-5-9-14(13)18-15-10-6-7-11-16(15)20(21)19(17)18/h4-12H,1-3H3/i4D,5D,8D,9D,12D. The molecule has 0 amide bonds. The van der Waals surface area contributed by atoms with Gasteiger partial charge in [0.05, 0.1) is 14.9 Å². The van der Waals surface area contributed by atoms with Crippen molar-refractivity contribution in [3.8, 4) is 11.1 Å². The first-order chi connectivity index (χ1) is 12.6. The van der Waals surface area contributed by atoms with Crippen molar-refractivity contribution in [2.45, 2.75) is 19.6 Å². The Hall–Kier alpha value is -2.19. The molecular weight excluding hydrogens is 284 g/mol. The van der Waals surface area contributed by atoms with Crippen molar-refractivity contribution in [3.63, 3.8) is 0 Å². The first-order valence-electron chi connectivity index (χ1n) is 9.78. The van der Waals surface area contributed by atoms with E-state index in [1.807, 2.05) is 12.1 Å². The highest BCUT2D eigenvalue weighted by molar-refractivity contribution is 6.90. The number of carbonyl (C=O) groups is 1.